The molecule has 122 valence electrons. The molecule has 0 bridgehead atoms. The highest BCUT2D eigenvalue weighted by molar-refractivity contribution is 5.94. The number of amides is 1. The molecule has 23 heavy (non-hydrogen) atoms. The number of hydrogen-bond acceptors (Lipinski definition) is 3. The molecule has 0 saturated heterocycles. The predicted molar refractivity (Wildman–Crippen MR) is 92.2 cm³/mol. The molecule has 0 radical (unpaired) electrons. The van der Waals surface area contributed by atoms with Crippen LogP contribution in [0, 0.1) is 0 Å². The lowest BCUT2D eigenvalue weighted by Gasteiger charge is -2.18. The normalized spacial score (nSPS) is 11.9. The summed E-state index contributed by atoms with van der Waals surface area (Å²) in [6.07, 6.45) is 1.53. The maximum atomic E-state index is 12.5. The highest BCUT2D eigenvalue weighted by Gasteiger charge is 2.14. The Hall–Kier alpha value is -2.17. The molecule has 0 fully saturated rings. The first kappa shape index (κ1) is 17.2. The van der Waals surface area contributed by atoms with E-state index >= 15 is 0 Å². The lowest BCUT2D eigenvalue weighted by Crippen LogP contribution is -2.38. The maximum absolute atomic E-state index is 12.5. The lowest BCUT2D eigenvalue weighted by molar-refractivity contribution is 0.0935. The van der Waals surface area contributed by atoms with Crippen LogP contribution in [0.15, 0.2) is 54.6 Å². The number of methoxy groups -OCH3 is 1. The molecule has 0 aromatic heterocycles. The number of nitrogens with one attached hydrogen (secondary N) is 1. The number of rotatable bonds is 8. The molecule has 0 spiro atoms. The molecule has 0 aliphatic rings. The van der Waals surface area contributed by atoms with Crippen molar-refractivity contribution in [1.29, 1.82) is 0 Å². The summed E-state index contributed by atoms with van der Waals surface area (Å²) in [7, 11) is 1.64. The minimum Gasteiger partial charge on any atom is -0.380 e. The highest BCUT2D eigenvalue weighted by Crippen LogP contribution is 2.09. The largest absolute Gasteiger partial charge is 0.380 e. The van der Waals surface area contributed by atoms with Crippen LogP contribution in [0.4, 0.5) is 0 Å². The molecule has 4 nitrogen and oxygen atoms in total. The first-order valence-corrected chi connectivity index (χ1v) is 7.85. The van der Waals surface area contributed by atoms with Crippen LogP contribution in [0.2, 0.25) is 0 Å². The van der Waals surface area contributed by atoms with Gasteiger partial charge in [-0.15, -0.1) is 0 Å². The highest BCUT2D eigenvalue weighted by atomic mass is 16.5. The van der Waals surface area contributed by atoms with E-state index in [1.165, 1.54) is 5.56 Å². The minimum absolute atomic E-state index is 0.0287. The van der Waals surface area contributed by atoms with Gasteiger partial charge in [-0.1, -0.05) is 42.5 Å². The van der Waals surface area contributed by atoms with Crippen molar-refractivity contribution in [2.24, 2.45) is 5.73 Å². The van der Waals surface area contributed by atoms with Crippen molar-refractivity contribution < 1.29 is 9.53 Å². The fourth-order valence-electron chi connectivity index (χ4n) is 2.56. The predicted octanol–water partition coefficient (Wildman–Crippen LogP) is 2.52. The Kier molecular flexibility index (Phi) is 6.78. The second kappa shape index (κ2) is 9.08. The Morgan fingerprint density at radius 2 is 1.87 bits per heavy atom. The van der Waals surface area contributed by atoms with Gasteiger partial charge in [0.1, 0.15) is 0 Å². The molecule has 4 heteroatoms. The minimum atomic E-state index is -0.0719. The van der Waals surface area contributed by atoms with E-state index in [2.05, 4.69) is 17.4 Å². The Morgan fingerprint density at radius 3 is 2.57 bits per heavy atom. The molecule has 0 aliphatic carbocycles. The summed E-state index contributed by atoms with van der Waals surface area (Å²) >= 11 is 0. The van der Waals surface area contributed by atoms with Gasteiger partial charge in [-0.05, 0) is 42.6 Å². The van der Waals surface area contributed by atoms with Crippen molar-refractivity contribution >= 4 is 5.91 Å². The molecule has 0 saturated carbocycles. The van der Waals surface area contributed by atoms with Crippen LogP contribution in [0.3, 0.4) is 0 Å². The van der Waals surface area contributed by atoms with Gasteiger partial charge in [0.2, 0.25) is 0 Å². The summed E-state index contributed by atoms with van der Waals surface area (Å²) in [6, 6.07) is 17.7. The number of benzene rings is 2. The first-order valence-electron chi connectivity index (χ1n) is 7.85. The van der Waals surface area contributed by atoms with Crippen LogP contribution in [-0.4, -0.2) is 25.6 Å². The molecular formula is C19H24N2O2. The molecule has 1 atom stereocenters. The van der Waals surface area contributed by atoms with Crippen molar-refractivity contribution in [2.45, 2.75) is 25.5 Å². The molecule has 2 aromatic rings. The van der Waals surface area contributed by atoms with Gasteiger partial charge in [-0.2, -0.15) is 0 Å². The van der Waals surface area contributed by atoms with E-state index in [9.17, 15) is 4.79 Å². The zero-order valence-electron chi connectivity index (χ0n) is 13.5. The molecule has 1 unspecified atom stereocenters. The fraction of sp³-hybridized carbons (Fsp3) is 0.316. The van der Waals surface area contributed by atoms with Crippen molar-refractivity contribution in [3.63, 3.8) is 0 Å². The number of ether oxygens (including phenoxy) is 1. The maximum Gasteiger partial charge on any atom is 0.251 e. The van der Waals surface area contributed by atoms with E-state index < -0.39 is 0 Å². The number of nitrogens with two attached hydrogens (primary N) is 1. The van der Waals surface area contributed by atoms with Gasteiger partial charge >= 0.3 is 0 Å². The Morgan fingerprint density at radius 1 is 1.13 bits per heavy atom. The van der Waals surface area contributed by atoms with E-state index in [1.807, 2.05) is 42.5 Å². The number of carbonyl (C=O) groups is 1. The van der Waals surface area contributed by atoms with Gasteiger partial charge in [0, 0.05) is 18.7 Å². The average molecular weight is 312 g/mol. The Labute approximate surface area is 137 Å². The van der Waals surface area contributed by atoms with Crippen molar-refractivity contribution in [1.82, 2.24) is 5.32 Å². The molecular weight excluding hydrogens is 288 g/mol. The van der Waals surface area contributed by atoms with Crippen LogP contribution >= 0.6 is 0 Å². The Bertz CT molecular complexity index is 614. The Balaban J connectivity index is 2.04. The zero-order valence-corrected chi connectivity index (χ0v) is 13.5. The van der Waals surface area contributed by atoms with Crippen LogP contribution in [-0.2, 0) is 17.8 Å². The quantitative estimate of drug-likeness (QED) is 0.787. The first-order chi connectivity index (χ1) is 11.2. The van der Waals surface area contributed by atoms with Crippen molar-refractivity contribution in [3.8, 4) is 0 Å². The fourth-order valence-corrected chi connectivity index (χ4v) is 2.56. The van der Waals surface area contributed by atoms with Crippen molar-refractivity contribution in [3.05, 3.63) is 71.3 Å². The second-order valence-electron chi connectivity index (χ2n) is 5.57. The smallest absolute Gasteiger partial charge is 0.251 e. The summed E-state index contributed by atoms with van der Waals surface area (Å²) in [5.74, 6) is -0.0719. The molecule has 0 aliphatic heterocycles. The van der Waals surface area contributed by atoms with Gasteiger partial charge in [0.05, 0.1) is 6.61 Å². The van der Waals surface area contributed by atoms with Gasteiger partial charge in [0.25, 0.3) is 5.91 Å². The van der Waals surface area contributed by atoms with Gasteiger partial charge in [-0.3, -0.25) is 4.79 Å². The van der Waals surface area contributed by atoms with Gasteiger partial charge < -0.3 is 15.8 Å². The molecule has 2 aromatic carbocycles. The van der Waals surface area contributed by atoms with E-state index in [1.54, 1.807) is 7.11 Å². The molecule has 1 amide bonds. The SMILES string of the molecule is COCc1cccc(C(=O)NC(CCN)Cc2ccccc2)c1. The third-order valence-corrected chi connectivity index (χ3v) is 3.68. The third-order valence-electron chi connectivity index (χ3n) is 3.68. The van der Waals surface area contributed by atoms with Crippen LogP contribution in [0.25, 0.3) is 0 Å². The average Bonchev–Trinajstić information content (AvgIpc) is 2.56. The van der Waals surface area contributed by atoms with E-state index in [0.29, 0.717) is 18.7 Å². The number of hydrogen-bond donors (Lipinski definition) is 2. The summed E-state index contributed by atoms with van der Waals surface area (Å²) < 4.78 is 5.11. The van der Waals surface area contributed by atoms with E-state index in [0.717, 1.165) is 18.4 Å². The summed E-state index contributed by atoms with van der Waals surface area (Å²) in [5.41, 5.74) is 8.52. The molecule has 2 rings (SSSR count). The lowest BCUT2D eigenvalue weighted by atomic mass is 10.0. The number of carbonyl (C=O) groups excluding carboxylic acids is 1. The summed E-state index contributed by atoms with van der Waals surface area (Å²) in [5, 5.41) is 3.09. The second-order valence-corrected chi connectivity index (χ2v) is 5.57. The third kappa shape index (κ3) is 5.51. The van der Waals surface area contributed by atoms with E-state index in [4.69, 9.17) is 10.5 Å². The van der Waals surface area contributed by atoms with Crippen LogP contribution in [0.1, 0.15) is 27.9 Å². The van der Waals surface area contributed by atoms with Gasteiger partial charge in [-0.25, -0.2) is 0 Å². The van der Waals surface area contributed by atoms with Crippen molar-refractivity contribution in [2.75, 3.05) is 13.7 Å². The zero-order chi connectivity index (χ0) is 16.5. The molecule has 0 heterocycles. The van der Waals surface area contributed by atoms with E-state index in [-0.39, 0.29) is 11.9 Å². The standard InChI is InChI=1S/C19H24N2O2/c1-23-14-16-8-5-9-17(12-16)19(22)21-18(10-11-20)13-15-6-3-2-4-7-15/h2-9,12,18H,10-11,13-14,20H2,1H3,(H,21,22). The topological polar surface area (TPSA) is 64.3 Å². The summed E-state index contributed by atoms with van der Waals surface area (Å²) in [4.78, 5) is 12.5. The monoisotopic (exact) mass is 312 g/mol. The van der Waals surface area contributed by atoms with Crippen LogP contribution < -0.4 is 11.1 Å². The van der Waals surface area contributed by atoms with Gasteiger partial charge in [0.15, 0.2) is 0 Å². The summed E-state index contributed by atoms with van der Waals surface area (Å²) in [6.45, 7) is 1.04. The molecule has 3 N–H and O–H groups in total. The van der Waals surface area contributed by atoms with Crippen LogP contribution in [0.5, 0.6) is 0 Å².